The summed E-state index contributed by atoms with van der Waals surface area (Å²) < 4.78 is 0. The fourth-order valence-electron chi connectivity index (χ4n) is 1.77. The Labute approximate surface area is 97.3 Å². The highest BCUT2D eigenvalue weighted by atomic mass is 16.3. The SMILES string of the molecule is CCCCC(C)c1ccc(C(=O)CO)cc1. The molecule has 0 aliphatic carbocycles. The van der Waals surface area contributed by atoms with Gasteiger partial charge in [-0.1, -0.05) is 51.0 Å². The van der Waals surface area contributed by atoms with Crippen molar-refractivity contribution in [3.05, 3.63) is 35.4 Å². The number of aliphatic hydroxyl groups is 1. The molecule has 1 aromatic carbocycles. The molecule has 0 heterocycles. The van der Waals surface area contributed by atoms with Crippen LogP contribution < -0.4 is 0 Å². The minimum atomic E-state index is -0.412. The van der Waals surface area contributed by atoms with E-state index in [-0.39, 0.29) is 5.78 Å². The minimum Gasteiger partial charge on any atom is -0.388 e. The van der Waals surface area contributed by atoms with Crippen molar-refractivity contribution in [1.82, 2.24) is 0 Å². The zero-order chi connectivity index (χ0) is 12.0. The summed E-state index contributed by atoms with van der Waals surface area (Å²) in [7, 11) is 0. The summed E-state index contributed by atoms with van der Waals surface area (Å²) in [5.41, 5.74) is 1.86. The van der Waals surface area contributed by atoms with Crippen LogP contribution in [0.3, 0.4) is 0 Å². The first-order valence-corrected chi connectivity index (χ1v) is 5.93. The highest BCUT2D eigenvalue weighted by molar-refractivity contribution is 5.96. The molecule has 0 aromatic heterocycles. The van der Waals surface area contributed by atoms with Crippen molar-refractivity contribution in [3.8, 4) is 0 Å². The quantitative estimate of drug-likeness (QED) is 0.748. The van der Waals surface area contributed by atoms with Crippen LogP contribution in [0.5, 0.6) is 0 Å². The Morgan fingerprint density at radius 1 is 1.31 bits per heavy atom. The smallest absolute Gasteiger partial charge is 0.188 e. The Morgan fingerprint density at radius 2 is 1.94 bits per heavy atom. The van der Waals surface area contributed by atoms with E-state index in [9.17, 15) is 4.79 Å². The summed E-state index contributed by atoms with van der Waals surface area (Å²) in [5, 5.41) is 8.73. The third-order valence-corrected chi connectivity index (χ3v) is 2.94. The lowest BCUT2D eigenvalue weighted by atomic mass is 9.94. The van der Waals surface area contributed by atoms with Crippen molar-refractivity contribution < 1.29 is 9.90 Å². The van der Waals surface area contributed by atoms with Gasteiger partial charge in [0.15, 0.2) is 5.78 Å². The number of hydrogen-bond donors (Lipinski definition) is 1. The lowest BCUT2D eigenvalue weighted by molar-refractivity contribution is 0.0903. The Morgan fingerprint density at radius 3 is 2.44 bits per heavy atom. The maximum atomic E-state index is 11.2. The molecular formula is C14H20O2. The Balaban J connectivity index is 2.67. The highest BCUT2D eigenvalue weighted by Crippen LogP contribution is 2.21. The monoisotopic (exact) mass is 220 g/mol. The molecule has 1 aromatic rings. The van der Waals surface area contributed by atoms with E-state index < -0.39 is 6.61 Å². The fraction of sp³-hybridized carbons (Fsp3) is 0.500. The number of aliphatic hydroxyl groups excluding tert-OH is 1. The molecule has 0 amide bonds. The van der Waals surface area contributed by atoms with E-state index in [1.54, 1.807) is 12.1 Å². The van der Waals surface area contributed by atoms with Crippen LogP contribution in [0.2, 0.25) is 0 Å². The van der Waals surface area contributed by atoms with Gasteiger partial charge in [-0.3, -0.25) is 4.79 Å². The predicted octanol–water partition coefficient (Wildman–Crippen LogP) is 3.16. The van der Waals surface area contributed by atoms with Crippen LogP contribution in [0, 0.1) is 0 Å². The van der Waals surface area contributed by atoms with Crippen LogP contribution in [0.1, 0.15) is 54.9 Å². The number of benzene rings is 1. The van der Waals surface area contributed by atoms with Gasteiger partial charge in [-0.2, -0.15) is 0 Å². The minimum absolute atomic E-state index is 0.215. The van der Waals surface area contributed by atoms with Crippen LogP contribution in [-0.4, -0.2) is 17.5 Å². The molecule has 1 N–H and O–H groups in total. The molecule has 0 radical (unpaired) electrons. The lowest BCUT2D eigenvalue weighted by Crippen LogP contribution is -2.04. The third-order valence-electron chi connectivity index (χ3n) is 2.94. The largest absolute Gasteiger partial charge is 0.388 e. The van der Waals surface area contributed by atoms with Crippen molar-refractivity contribution >= 4 is 5.78 Å². The first-order valence-electron chi connectivity index (χ1n) is 5.93. The van der Waals surface area contributed by atoms with Gasteiger partial charge in [0.25, 0.3) is 0 Å². The van der Waals surface area contributed by atoms with Crippen molar-refractivity contribution in [2.45, 2.75) is 39.0 Å². The highest BCUT2D eigenvalue weighted by Gasteiger charge is 2.07. The Hall–Kier alpha value is -1.15. The van der Waals surface area contributed by atoms with E-state index in [4.69, 9.17) is 5.11 Å². The molecule has 0 fully saturated rings. The molecule has 0 bridgehead atoms. The predicted molar refractivity (Wildman–Crippen MR) is 65.8 cm³/mol. The van der Waals surface area contributed by atoms with Crippen LogP contribution in [0.4, 0.5) is 0 Å². The number of unbranched alkanes of at least 4 members (excludes halogenated alkanes) is 1. The molecule has 0 spiro atoms. The second-order valence-electron chi connectivity index (χ2n) is 4.25. The van der Waals surface area contributed by atoms with E-state index in [1.165, 1.54) is 24.8 Å². The van der Waals surface area contributed by atoms with Gasteiger partial charge in [0.2, 0.25) is 0 Å². The van der Waals surface area contributed by atoms with Crippen LogP contribution >= 0.6 is 0 Å². The summed E-state index contributed by atoms with van der Waals surface area (Å²) in [6.45, 7) is 3.99. The molecule has 1 atom stereocenters. The average molecular weight is 220 g/mol. The van der Waals surface area contributed by atoms with Crippen LogP contribution in [-0.2, 0) is 0 Å². The molecule has 1 unspecified atom stereocenters. The molecule has 2 heteroatoms. The Kier molecular flexibility index (Phi) is 5.20. The van der Waals surface area contributed by atoms with Gasteiger partial charge < -0.3 is 5.11 Å². The number of ketones is 1. The van der Waals surface area contributed by atoms with Gasteiger partial charge in [-0.15, -0.1) is 0 Å². The van der Waals surface area contributed by atoms with Crippen LogP contribution in [0.25, 0.3) is 0 Å². The lowest BCUT2D eigenvalue weighted by Gasteiger charge is -2.11. The normalized spacial score (nSPS) is 12.4. The van der Waals surface area contributed by atoms with Gasteiger partial charge in [0.1, 0.15) is 6.61 Å². The van der Waals surface area contributed by atoms with Crippen molar-refractivity contribution in [2.75, 3.05) is 6.61 Å². The second-order valence-corrected chi connectivity index (χ2v) is 4.25. The Bertz CT molecular complexity index is 327. The van der Waals surface area contributed by atoms with Crippen molar-refractivity contribution in [3.63, 3.8) is 0 Å². The first-order chi connectivity index (χ1) is 7.69. The maximum absolute atomic E-state index is 11.2. The van der Waals surface area contributed by atoms with Crippen LogP contribution in [0.15, 0.2) is 24.3 Å². The topological polar surface area (TPSA) is 37.3 Å². The molecule has 1 rings (SSSR count). The summed E-state index contributed by atoms with van der Waals surface area (Å²) in [6.07, 6.45) is 3.63. The van der Waals surface area contributed by atoms with Gasteiger partial charge in [-0.05, 0) is 17.9 Å². The number of Topliss-reactive ketones (excluding diaryl/α,β-unsaturated/α-hetero) is 1. The van der Waals surface area contributed by atoms with E-state index in [0.29, 0.717) is 11.5 Å². The fourth-order valence-corrected chi connectivity index (χ4v) is 1.77. The van der Waals surface area contributed by atoms with Gasteiger partial charge in [0, 0.05) is 5.56 Å². The molecule has 2 nitrogen and oxygen atoms in total. The molecule has 16 heavy (non-hydrogen) atoms. The van der Waals surface area contributed by atoms with Crippen molar-refractivity contribution in [2.24, 2.45) is 0 Å². The number of rotatable bonds is 6. The zero-order valence-corrected chi connectivity index (χ0v) is 10.1. The molecular weight excluding hydrogens is 200 g/mol. The second kappa shape index (κ2) is 6.44. The van der Waals surface area contributed by atoms with Gasteiger partial charge in [-0.25, -0.2) is 0 Å². The average Bonchev–Trinajstić information content (AvgIpc) is 2.35. The first kappa shape index (κ1) is 12.9. The molecule has 0 saturated heterocycles. The third kappa shape index (κ3) is 3.46. The van der Waals surface area contributed by atoms with E-state index >= 15 is 0 Å². The summed E-state index contributed by atoms with van der Waals surface area (Å²) in [5.74, 6) is 0.325. The van der Waals surface area contributed by atoms with Gasteiger partial charge in [0.05, 0.1) is 0 Å². The van der Waals surface area contributed by atoms with Gasteiger partial charge >= 0.3 is 0 Å². The molecule has 0 saturated carbocycles. The van der Waals surface area contributed by atoms with E-state index in [0.717, 1.165) is 0 Å². The summed E-state index contributed by atoms with van der Waals surface area (Å²) >= 11 is 0. The molecule has 88 valence electrons. The maximum Gasteiger partial charge on any atom is 0.188 e. The standard InChI is InChI=1S/C14H20O2/c1-3-4-5-11(2)12-6-8-13(9-7-12)14(16)10-15/h6-9,11,15H,3-5,10H2,1-2H3. The zero-order valence-electron chi connectivity index (χ0n) is 10.1. The number of carbonyl (C=O) groups is 1. The summed E-state index contributed by atoms with van der Waals surface area (Å²) in [4.78, 5) is 11.2. The summed E-state index contributed by atoms with van der Waals surface area (Å²) in [6, 6.07) is 7.58. The van der Waals surface area contributed by atoms with E-state index in [2.05, 4.69) is 13.8 Å². The van der Waals surface area contributed by atoms with Crippen molar-refractivity contribution in [1.29, 1.82) is 0 Å². The van der Waals surface area contributed by atoms with E-state index in [1.807, 2.05) is 12.1 Å². The molecule has 0 aliphatic rings. The molecule has 0 aliphatic heterocycles. The number of carbonyl (C=O) groups excluding carboxylic acids is 1. The number of hydrogen-bond acceptors (Lipinski definition) is 2.